The molecule has 2 aromatic carbocycles. The number of nitrogens with two attached hydrogens (primary N) is 2. The van der Waals surface area contributed by atoms with Crippen LogP contribution in [0.3, 0.4) is 0 Å². The first-order valence-electron chi connectivity index (χ1n) is 7.53. The minimum absolute atomic E-state index is 0.299. The van der Waals surface area contributed by atoms with E-state index in [2.05, 4.69) is 15.9 Å². The molecule has 2 rings (SSSR count). The molecule has 0 aliphatic heterocycles. The molecule has 0 saturated carbocycles. The summed E-state index contributed by atoms with van der Waals surface area (Å²) in [6, 6.07) is 10.8. The summed E-state index contributed by atoms with van der Waals surface area (Å²) >= 11 is 3.43. The van der Waals surface area contributed by atoms with Crippen molar-refractivity contribution in [2.75, 3.05) is 5.01 Å². The highest BCUT2D eigenvalue weighted by molar-refractivity contribution is 9.10. The van der Waals surface area contributed by atoms with Crippen LogP contribution in [0.4, 0.5) is 10.5 Å². The molecular formula is C17H21BrN4O2. The van der Waals surface area contributed by atoms with Crippen LogP contribution in [0.15, 0.2) is 40.9 Å². The fraction of sp³-hybridized carbons (Fsp3) is 0.235. The van der Waals surface area contributed by atoms with Crippen molar-refractivity contribution < 1.29 is 9.53 Å². The Hall–Kier alpha value is -2.09. The van der Waals surface area contributed by atoms with Crippen molar-refractivity contribution in [2.45, 2.75) is 26.9 Å². The molecule has 0 bridgehead atoms. The smallest absolute Gasteiger partial charge is 0.350 e. The fourth-order valence-electron chi connectivity index (χ4n) is 2.45. The summed E-state index contributed by atoms with van der Waals surface area (Å²) in [4.78, 5) is 11.7. The zero-order valence-electron chi connectivity index (χ0n) is 13.7. The van der Waals surface area contributed by atoms with Crippen LogP contribution < -0.4 is 26.9 Å². The van der Waals surface area contributed by atoms with Gasteiger partial charge in [0.15, 0.2) is 0 Å². The van der Waals surface area contributed by atoms with Gasteiger partial charge in [0.05, 0.1) is 5.69 Å². The van der Waals surface area contributed by atoms with Crippen LogP contribution in [0.25, 0.3) is 0 Å². The van der Waals surface area contributed by atoms with E-state index >= 15 is 0 Å². The third kappa shape index (κ3) is 4.05. The lowest BCUT2D eigenvalue weighted by atomic mass is 10.0. The van der Waals surface area contributed by atoms with Gasteiger partial charge >= 0.3 is 6.03 Å². The first-order valence-corrected chi connectivity index (χ1v) is 8.32. The maximum Gasteiger partial charge on any atom is 0.350 e. The van der Waals surface area contributed by atoms with Crippen molar-refractivity contribution in [1.82, 2.24) is 5.43 Å². The van der Waals surface area contributed by atoms with E-state index < -0.39 is 6.03 Å². The molecule has 0 aromatic heterocycles. The van der Waals surface area contributed by atoms with E-state index in [9.17, 15) is 4.79 Å². The number of carbonyl (C=O) groups excluding carboxylic acids is 1. The minimum atomic E-state index is -0.593. The van der Waals surface area contributed by atoms with Crippen LogP contribution in [0.5, 0.6) is 5.75 Å². The second-order valence-electron chi connectivity index (χ2n) is 5.29. The molecule has 0 radical (unpaired) electrons. The number of carbonyl (C=O) groups is 1. The predicted molar refractivity (Wildman–Crippen MR) is 98.4 cm³/mol. The molecule has 24 heavy (non-hydrogen) atoms. The molecule has 6 nitrogen and oxygen atoms in total. The van der Waals surface area contributed by atoms with E-state index in [-0.39, 0.29) is 0 Å². The molecule has 2 aromatic rings. The largest absolute Gasteiger partial charge is 0.489 e. The maximum absolute atomic E-state index is 11.7. The first kappa shape index (κ1) is 18.3. The van der Waals surface area contributed by atoms with E-state index in [0.29, 0.717) is 12.3 Å². The third-order valence-corrected chi connectivity index (χ3v) is 4.23. The molecule has 2 amide bonds. The number of aryl methyl sites for hydroxylation is 2. The lowest BCUT2D eigenvalue weighted by Crippen LogP contribution is -2.48. The summed E-state index contributed by atoms with van der Waals surface area (Å²) in [5, 5.41) is 0.992. The Bertz CT molecular complexity index is 737. The van der Waals surface area contributed by atoms with Crippen molar-refractivity contribution in [3.8, 4) is 5.75 Å². The van der Waals surface area contributed by atoms with Crippen molar-refractivity contribution in [1.29, 1.82) is 0 Å². The summed E-state index contributed by atoms with van der Waals surface area (Å²) in [5.41, 5.74) is 5.53. The molecule has 128 valence electrons. The van der Waals surface area contributed by atoms with Gasteiger partial charge in [0.1, 0.15) is 12.4 Å². The van der Waals surface area contributed by atoms with E-state index in [0.717, 1.165) is 38.3 Å². The Balaban J connectivity index is 2.32. The highest BCUT2D eigenvalue weighted by Crippen LogP contribution is 2.27. The molecule has 0 unspecified atom stereocenters. The zero-order valence-corrected chi connectivity index (χ0v) is 15.3. The normalized spacial score (nSPS) is 10.4. The Kier molecular flexibility index (Phi) is 6.19. The van der Waals surface area contributed by atoms with Crippen molar-refractivity contribution in [3.05, 3.63) is 57.6 Å². The van der Waals surface area contributed by atoms with Gasteiger partial charge in [-0.15, -0.1) is 0 Å². The van der Waals surface area contributed by atoms with Crippen LogP contribution in [0.2, 0.25) is 0 Å². The van der Waals surface area contributed by atoms with Crippen LogP contribution in [0, 0.1) is 6.92 Å². The van der Waals surface area contributed by atoms with Gasteiger partial charge in [-0.05, 0) is 48.7 Å². The second-order valence-corrected chi connectivity index (χ2v) is 6.20. The Labute approximate surface area is 149 Å². The first-order chi connectivity index (χ1) is 11.5. The predicted octanol–water partition coefficient (Wildman–Crippen LogP) is 3.16. The SMILES string of the molecule is CCc1cccc(N(N)C(=O)NN)c1COc1ccc(Br)cc1C. The summed E-state index contributed by atoms with van der Waals surface area (Å²) < 4.78 is 6.95. The van der Waals surface area contributed by atoms with Crippen LogP contribution >= 0.6 is 15.9 Å². The highest BCUT2D eigenvalue weighted by Gasteiger charge is 2.17. The minimum Gasteiger partial charge on any atom is -0.489 e. The van der Waals surface area contributed by atoms with Crippen molar-refractivity contribution in [3.63, 3.8) is 0 Å². The number of rotatable bonds is 5. The number of hydrazine groups is 2. The molecule has 0 spiro atoms. The van der Waals surface area contributed by atoms with E-state index in [1.54, 1.807) is 6.07 Å². The molecule has 7 heteroatoms. The summed E-state index contributed by atoms with van der Waals surface area (Å²) in [5.74, 6) is 11.8. The van der Waals surface area contributed by atoms with Crippen LogP contribution in [0.1, 0.15) is 23.6 Å². The molecule has 0 aliphatic carbocycles. The number of urea groups is 1. The van der Waals surface area contributed by atoms with E-state index in [1.165, 1.54) is 0 Å². The summed E-state index contributed by atoms with van der Waals surface area (Å²) in [6.07, 6.45) is 0.796. The van der Waals surface area contributed by atoms with Crippen molar-refractivity contribution in [2.24, 2.45) is 11.7 Å². The average Bonchev–Trinajstić information content (AvgIpc) is 2.59. The van der Waals surface area contributed by atoms with Gasteiger partial charge in [-0.1, -0.05) is 35.0 Å². The Morgan fingerprint density at radius 2 is 2.08 bits per heavy atom. The summed E-state index contributed by atoms with van der Waals surface area (Å²) in [6.45, 7) is 4.31. The number of nitrogens with one attached hydrogen (secondary N) is 1. The Morgan fingerprint density at radius 1 is 1.33 bits per heavy atom. The van der Waals surface area contributed by atoms with E-state index in [1.807, 2.05) is 49.6 Å². The quantitative estimate of drug-likeness (QED) is 0.413. The molecule has 0 heterocycles. The lowest BCUT2D eigenvalue weighted by molar-refractivity contribution is 0.246. The van der Waals surface area contributed by atoms with E-state index in [4.69, 9.17) is 16.4 Å². The molecule has 5 N–H and O–H groups in total. The Morgan fingerprint density at radius 3 is 2.71 bits per heavy atom. The second kappa shape index (κ2) is 8.14. The van der Waals surface area contributed by atoms with Crippen LogP contribution in [-0.2, 0) is 13.0 Å². The van der Waals surface area contributed by atoms with Gasteiger partial charge in [-0.3, -0.25) is 5.43 Å². The van der Waals surface area contributed by atoms with Gasteiger partial charge in [0.2, 0.25) is 0 Å². The average molecular weight is 393 g/mol. The molecule has 0 saturated heterocycles. The third-order valence-electron chi connectivity index (χ3n) is 3.74. The maximum atomic E-state index is 11.7. The van der Waals surface area contributed by atoms with Crippen molar-refractivity contribution >= 4 is 27.6 Å². The zero-order chi connectivity index (χ0) is 17.7. The fourth-order valence-corrected chi connectivity index (χ4v) is 2.92. The monoisotopic (exact) mass is 392 g/mol. The summed E-state index contributed by atoms with van der Waals surface area (Å²) in [7, 11) is 0. The standard InChI is InChI=1S/C17H21BrN4O2/c1-3-12-5-4-6-15(22(20)17(23)21-19)14(12)10-24-16-8-7-13(18)9-11(16)2/h4-9H,3,10,19-20H2,1-2H3,(H,21,23). The van der Waals surface area contributed by atoms with Gasteiger partial charge in [-0.25, -0.2) is 21.5 Å². The van der Waals surface area contributed by atoms with Gasteiger partial charge in [0, 0.05) is 10.0 Å². The number of hydrogen-bond donors (Lipinski definition) is 3. The van der Waals surface area contributed by atoms with Gasteiger partial charge in [-0.2, -0.15) is 0 Å². The molecular weight excluding hydrogens is 372 g/mol. The number of amides is 2. The number of ether oxygens (including phenoxy) is 1. The molecule has 0 atom stereocenters. The highest BCUT2D eigenvalue weighted by atomic mass is 79.9. The van der Waals surface area contributed by atoms with Crippen LogP contribution in [-0.4, -0.2) is 6.03 Å². The number of halogens is 1. The molecule has 0 aliphatic rings. The number of nitrogens with zero attached hydrogens (tertiary/aromatic N) is 1. The topological polar surface area (TPSA) is 93.6 Å². The number of hydrogen-bond acceptors (Lipinski definition) is 4. The number of anilines is 1. The lowest BCUT2D eigenvalue weighted by Gasteiger charge is -2.22. The van der Waals surface area contributed by atoms with Gasteiger partial charge < -0.3 is 4.74 Å². The molecule has 0 fully saturated rings. The number of benzene rings is 2. The van der Waals surface area contributed by atoms with Gasteiger partial charge in [0.25, 0.3) is 0 Å².